The number of para-hydroxylation sites is 2. The number of rotatable bonds is 13. The Balaban J connectivity index is 2.09. The van der Waals surface area contributed by atoms with Crippen LogP contribution in [0.1, 0.15) is 25.0 Å². The molecule has 0 saturated heterocycles. The van der Waals surface area contributed by atoms with E-state index in [1.165, 1.54) is 4.90 Å². The molecule has 0 aliphatic carbocycles. The quantitative estimate of drug-likeness (QED) is 0.298. The van der Waals surface area contributed by atoms with Gasteiger partial charge < -0.3 is 15.0 Å². The Bertz CT molecular complexity index is 1420. The maximum absolute atomic E-state index is 14.1. The van der Waals surface area contributed by atoms with E-state index in [1.807, 2.05) is 30.3 Å². The molecule has 214 valence electrons. The highest BCUT2D eigenvalue weighted by atomic mass is 35.5. The van der Waals surface area contributed by atoms with Gasteiger partial charge in [-0.3, -0.25) is 13.9 Å². The normalized spacial score (nSPS) is 11.9. The van der Waals surface area contributed by atoms with Crippen LogP contribution in [0.4, 0.5) is 5.69 Å². The summed E-state index contributed by atoms with van der Waals surface area (Å²) in [5, 5.41) is 3.56. The van der Waals surface area contributed by atoms with Gasteiger partial charge in [-0.05, 0) is 49.2 Å². The average Bonchev–Trinajstić information content (AvgIpc) is 2.91. The fourth-order valence-corrected chi connectivity index (χ4v) is 5.54. The Kier molecular flexibility index (Phi) is 11.2. The third kappa shape index (κ3) is 8.36. The number of amides is 2. The van der Waals surface area contributed by atoms with Crippen LogP contribution in [-0.4, -0.2) is 57.1 Å². The van der Waals surface area contributed by atoms with Crippen molar-refractivity contribution in [1.29, 1.82) is 0 Å². The van der Waals surface area contributed by atoms with Crippen molar-refractivity contribution in [2.24, 2.45) is 0 Å². The second-order valence-corrected chi connectivity index (χ2v) is 11.8. The number of hydrogen-bond acceptors (Lipinski definition) is 5. The van der Waals surface area contributed by atoms with E-state index in [-0.39, 0.29) is 24.6 Å². The number of ether oxygens (including phenoxy) is 1. The molecular formula is C29H33Cl2N3O5S. The zero-order chi connectivity index (χ0) is 29.3. The summed E-state index contributed by atoms with van der Waals surface area (Å²) < 4.78 is 32.6. The van der Waals surface area contributed by atoms with Crippen molar-refractivity contribution < 1.29 is 22.7 Å². The Labute approximate surface area is 245 Å². The van der Waals surface area contributed by atoms with Crippen LogP contribution < -0.4 is 14.4 Å². The minimum absolute atomic E-state index is 0.0474. The number of halogens is 2. The fraction of sp³-hybridized carbons (Fsp3) is 0.310. The van der Waals surface area contributed by atoms with Gasteiger partial charge >= 0.3 is 0 Å². The number of hydrogen-bond donors (Lipinski definition) is 1. The van der Waals surface area contributed by atoms with E-state index in [9.17, 15) is 18.0 Å². The van der Waals surface area contributed by atoms with Crippen LogP contribution in [0, 0.1) is 0 Å². The van der Waals surface area contributed by atoms with E-state index in [0.29, 0.717) is 34.5 Å². The zero-order valence-corrected chi connectivity index (χ0v) is 25.0. The summed E-state index contributed by atoms with van der Waals surface area (Å²) in [6, 6.07) is 19.8. The molecule has 3 aromatic carbocycles. The highest BCUT2D eigenvalue weighted by molar-refractivity contribution is 7.92. The smallest absolute Gasteiger partial charge is 0.244 e. The number of carbonyl (C=O) groups excluding carboxylic acids is 2. The molecule has 0 spiro atoms. The molecule has 1 N–H and O–H groups in total. The van der Waals surface area contributed by atoms with Crippen LogP contribution in [-0.2, 0) is 32.6 Å². The van der Waals surface area contributed by atoms with Crippen LogP contribution in [0.5, 0.6) is 5.75 Å². The molecule has 0 saturated carbocycles. The van der Waals surface area contributed by atoms with E-state index < -0.39 is 28.5 Å². The maximum Gasteiger partial charge on any atom is 0.244 e. The number of nitrogens with one attached hydrogen (secondary N) is 1. The molecule has 11 heteroatoms. The van der Waals surface area contributed by atoms with Crippen LogP contribution in [0.15, 0.2) is 72.8 Å². The molecule has 0 fully saturated rings. The summed E-state index contributed by atoms with van der Waals surface area (Å²) in [5.74, 6) is -0.638. The van der Waals surface area contributed by atoms with Gasteiger partial charge in [0.1, 0.15) is 18.3 Å². The van der Waals surface area contributed by atoms with Gasteiger partial charge in [-0.25, -0.2) is 8.42 Å². The number of sulfonamides is 1. The molecule has 3 aromatic rings. The maximum atomic E-state index is 14.1. The number of benzene rings is 3. The summed E-state index contributed by atoms with van der Waals surface area (Å²) in [6.45, 7) is 3.62. The van der Waals surface area contributed by atoms with Crippen molar-refractivity contribution in [3.8, 4) is 5.75 Å². The molecule has 0 aliphatic rings. The van der Waals surface area contributed by atoms with Gasteiger partial charge in [-0.1, -0.05) is 71.7 Å². The number of anilines is 1. The Morgan fingerprint density at radius 3 is 2.27 bits per heavy atom. The SMILES string of the molecule is CCNC(=O)[C@H](Cc1ccccc1)N(Cc1ccc(Cl)cc1Cl)C(=O)CN(c1ccccc1OCC)S(C)(=O)=O. The molecular weight excluding hydrogens is 573 g/mol. The van der Waals surface area contributed by atoms with E-state index in [0.717, 1.165) is 16.1 Å². The molecule has 0 heterocycles. The molecule has 0 aromatic heterocycles. The molecule has 2 amide bonds. The predicted molar refractivity (Wildman–Crippen MR) is 159 cm³/mol. The predicted octanol–water partition coefficient (Wildman–Crippen LogP) is 4.93. The van der Waals surface area contributed by atoms with Gasteiger partial charge in [0, 0.05) is 29.6 Å². The fourth-order valence-electron chi connectivity index (χ4n) is 4.21. The lowest BCUT2D eigenvalue weighted by atomic mass is 10.0. The van der Waals surface area contributed by atoms with Gasteiger partial charge in [-0.2, -0.15) is 0 Å². The van der Waals surface area contributed by atoms with E-state index in [4.69, 9.17) is 27.9 Å². The van der Waals surface area contributed by atoms with Crippen molar-refractivity contribution in [3.05, 3.63) is 94.0 Å². The molecule has 1 atom stereocenters. The van der Waals surface area contributed by atoms with Crippen molar-refractivity contribution in [2.45, 2.75) is 32.9 Å². The minimum atomic E-state index is -3.93. The van der Waals surface area contributed by atoms with Crippen LogP contribution >= 0.6 is 23.2 Å². The van der Waals surface area contributed by atoms with E-state index in [1.54, 1.807) is 56.3 Å². The lowest BCUT2D eigenvalue weighted by molar-refractivity contribution is -0.140. The second-order valence-electron chi connectivity index (χ2n) is 9.03. The number of nitrogens with zero attached hydrogens (tertiary/aromatic N) is 2. The highest BCUT2D eigenvalue weighted by Crippen LogP contribution is 2.31. The van der Waals surface area contributed by atoms with Crippen molar-refractivity contribution >= 4 is 50.7 Å². The number of carbonyl (C=O) groups is 2. The lowest BCUT2D eigenvalue weighted by Crippen LogP contribution is -2.53. The first kappa shape index (κ1) is 31.3. The van der Waals surface area contributed by atoms with Crippen LogP contribution in [0.2, 0.25) is 10.0 Å². The molecule has 3 rings (SSSR count). The largest absolute Gasteiger partial charge is 0.492 e. The Hall–Kier alpha value is -3.27. The summed E-state index contributed by atoms with van der Waals surface area (Å²) >= 11 is 12.6. The van der Waals surface area contributed by atoms with Gasteiger partial charge in [0.05, 0.1) is 18.6 Å². The Morgan fingerprint density at radius 1 is 0.975 bits per heavy atom. The Morgan fingerprint density at radius 2 is 1.65 bits per heavy atom. The molecule has 40 heavy (non-hydrogen) atoms. The molecule has 0 bridgehead atoms. The number of likely N-dealkylation sites (N-methyl/N-ethyl adjacent to an activating group) is 1. The molecule has 0 radical (unpaired) electrons. The lowest BCUT2D eigenvalue weighted by Gasteiger charge is -2.34. The zero-order valence-electron chi connectivity index (χ0n) is 22.6. The molecule has 0 aliphatic heterocycles. The summed E-state index contributed by atoms with van der Waals surface area (Å²) in [5.41, 5.74) is 1.62. The van der Waals surface area contributed by atoms with E-state index in [2.05, 4.69) is 5.32 Å². The van der Waals surface area contributed by atoms with Gasteiger partial charge in [0.25, 0.3) is 0 Å². The average molecular weight is 607 g/mol. The van der Waals surface area contributed by atoms with Crippen LogP contribution in [0.3, 0.4) is 0 Å². The van der Waals surface area contributed by atoms with Gasteiger partial charge in [-0.15, -0.1) is 0 Å². The van der Waals surface area contributed by atoms with Crippen molar-refractivity contribution in [2.75, 3.05) is 30.3 Å². The first-order valence-electron chi connectivity index (χ1n) is 12.8. The second kappa shape index (κ2) is 14.4. The van der Waals surface area contributed by atoms with Crippen LogP contribution in [0.25, 0.3) is 0 Å². The van der Waals surface area contributed by atoms with E-state index >= 15 is 0 Å². The topological polar surface area (TPSA) is 96.0 Å². The summed E-state index contributed by atoms with van der Waals surface area (Å²) in [6.07, 6.45) is 1.23. The first-order chi connectivity index (χ1) is 19.0. The molecule has 0 unspecified atom stereocenters. The highest BCUT2D eigenvalue weighted by Gasteiger charge is 2.33. The van der Waals surface area contributed by atoms with Gasteiger partial charge in [0.15, 0.2) is 0 Å². The summed E-state index contributed by atoms with van der Waals surface area (Å²) in [7, 11) is -3.93. The van der Waals surface area contributed by atoms with Crippen molar-refractivity contribution in [1.82, 2.24) is 10.2 Å². The van der Waals surface area contributed by atoms with Gasteiger partial charge in [0.2, 0.25) is 21.8 Å². The summed E-state index contributed by atoms with van der Waals surface area (Å²) in [4.78, 5) is 28.9. The third-order valence-electron chi connectivity index (χ3n) is 6.09. The third-order valence-corrected chi connectivity index (χ3v) is 7.80. The first-order valence-corrected chi connectivity index (χ1v) is 15.4. The molecule has 8 nitrogen and oxygen atoms in total. The monoisotopic (exact) mass is 605 g/mol. The standard InChI is InChI=1S/C29H33Cl2N3O5S/c1-4-32-29(36)26(17-21-11-7-6-8-12-21)33(19-22-15-16-23(30)18-24(22)31)28(35)20-34(40(3,37)38)25-13-9-10-14-27(25)39-5-2/h6-16,18,26H,4-5,17,19-20H2,1-3H3,(H,32,36)/t26-/m0/s1. The minimum Gasteiger partial charge on any atom is -0.492 e. The van der Waals surface area contributed by atoms with Crippen molar-refractivity contribution in [3.63, 3.8) is 0 Å².